The molecule has 112 valence electrons. The molecule has 1 aliphatic rings. The second-order valence-electron chi connectivity index (χ2n) is 5.11. The van der Waals surface area contributed by atoms with Crippen LogP contribution in [-0.2, 0) is 10.0 Å². The highest BCUT2D eigenvalue weighted by Crippen LogP contribution is 2.27. The monoisotopic (exact) mass is 298 g/mol. The summed E-state index contributed by atoms with van der Waals surface area (Å²) >= 11 is 0. The minimum absolute atomic E-state index is 0.0390. The first-order valence-corrected chi connectivity index (χ1v) is 8.48. The van der Waals surface area contributed by atoms with E-state index in [0.29, 0.717) is 5.75 Å². The second-order valence-corrected chi connectivity index (χ2v) is 6.97. The number of benzene rings is 1. The van der Waals surface area contributed by atoms with E-state index in [1.165, 1.54) is 7.05 Å². The van der Waals surface area contributed by atoms with Crippen molar-refractivity contribution in [2.75, 3.05) is 7.05 Å². The topological polar surface area (TPSA) is 81.4 Å². The summed E-state index contributed by atoms with van der Waals surface area (Å²) in [6.45, 7) is 0. The molecule has 6 heteroatoms. The van der Waals surface area contributed by atoms with E-state index >= 15 is 0 Å². The lowest BCUT2D eigenvalue weighted by atomic mass is 10.1. The minimum atomic E-state index is -3.52. The third kappa shape index (κ3) is 3.50. The summed E-state index contributed by atoms with van der Waals surface area (Å²) in [5.41, 5.74) is 6.13. The van der Waals surface area contributed by atoms with Gasteiger partial charge < -0.3 is 10.5 Å². The summed E-state index contributed by atoms with van der Waals surface area (Å²) in [4.78, 5) is 0.166. The molecule has 1 aliphatic carbocycles. The average Bonchev–Trinajstić information content (AvgIpc) is 2.65. The zero-order valence-corrected chi connectivity index (χ0v) is 12.5. The molecule has 0 radical (unpaired) electrons. The summed E-state index contributed by atoms with van der Waals surface area (Å²) in [5.74, 6) is 0.379. The molecule has 1 fully saturated rings. The van der Waals surface area contributed by atoms with Crippen LogP contribution in [-0.4, -0.2) is 27.6 Å². The fraction of sp³-hybridized carbons (Fsp3) is 0.571. The van der Waals surface area contributed by atoms with Gasteiger partial charge in [0.25, 0.3) is 0 Å². The molecule has 2 unspecified atom stereocenters. The Morgan fingerprint density at radius 3 is 2.65 bits per heavy atom. The second kappa shape index (κ2) is 6.56. The molecular formula is C14H22N2O3S. The Balaban J connectivity index is 2.25. The van der Waals surface area contributed by atoms with E-state index in [9.17, 15) is 8.42 Å². The molecule has 0 spiro atoms. The van der Waals surface area contributed by atoms with Crippen molar-refractivity contribution in [3.8, 4) is 5.75 Å². The summed E-state index contributed by atoms with van der Waals surface area (Å²) in [6.07, 6.45) is 5.01. The van der Waals surface area contributed by atoms with Gasteiger partial charge in [0.15, 0.2) is 0 Å². The van der Waals surface area contributed by atoms with Gasteiger partial charge in [-0.25, -0.2) is 13.1 Å². The van der Waals surface area contributed by atoms with E-state index in [1.807, 2.05) is 0 Å². The van der Waals surface area contributed by atoms with Gasteiger partial charge in [0.1, 0.15) is 16.7 Å². The van der Waals surface area contributed by atoms with Crippen molar-refractivity contribution in [2.24, 2.45) is 5.73 Å². The van der Waals surface area contributed by atoms with Crippen molar-refractivity contribution in [3.63, 3.8) is 0 Å². The average molecular weight is 298 g/mol. The quantitative estimate of drug-likeness (QED) is 0.828. The molecule has 20 heavy (non-hydrogen) atoms. The number of ether oxygens (including phenoxy) is 1. The molecule has 0 aliphatic heterocycles. The van der Waals surface area contributed by atoms with Gasteiger partial charge in [-0.15, -0.1) is 0 Å². The fourth-order valence-corrected chi connectivity index (χ4v) is 3.35. The van der Waals surface area contributed by atoms with E-state index in [2.05, 4.69) is 4.72 Å². The van der Waals surface area contributed by atoms with E-state index < -0.39 is 10.0 Å². The highest BCUT2D eigenvalue weighted by molar-refractivity contribution is 7.89. The minimum Gasteiger partial charge on any atom is -0.487 e. The number of para-hydroxylation sites is 1. The molecule has 3 N–H and O–H groups in total. The van der Waals surface area contributed by atoms with Gasteiger partial charge in [-0.2, -0.15) is 0 Å². The lowest BCUT2D eigenvalue weighted by Gasteiger charge is -2.24. The first-order chi connectivity index (χ1) is 9.54. The number of rotatable bonds is 4. The van der Waals surface area contributed by atoms with Crippen LogP contribution in [0.1, 0.15) is 32.1 Å². The Morgan fingerprint density at radius 1 is 1.20 bits per heavy atom. The number of hydrogen-bond acceptors (Lipinski definition) is 4. The van der Waals surface area contributed by atoms with Gasteiger partial charge in [0.05, 0.1) is 0 Å². The van der Waals surface area contributed by atoms with E-state index in [1.54, 1.807) is 24.3 Å². The Bertz CT molecular complexity index is 545. The third-order valence-electron chi connectivity index (χ3n) is 3.69. The molecule has 1 saturated carbocycles. The van der Waals surface area contributed by atoms with E-state index in [0.717, 1.165) is 32.1 Å². The van der Waals surface area contributed by atoms with Gasteiger partial charge in [0.2, 0.25) is 10.0 Å². The van der Waals surface area contributed by atoms with Crippen molar-refractivity contribution < 1.29 is 13.2 Å². The Kier molecular flexibility index (Phi) is 5.01. The maximum absolute atomic E-state index is 12.0. The van der Waals surface area contributed by atoms with Crippen molar-refractivity contribution in [3.05, 3.63) is 24.3 Å². The van der Waals surface area contributed by atoms with Gasteiger partial charge in [-0.1, -0.05) is 25.0 Å². The molecule has 1 aromatic rings. The molecule has 0 heterocycles. The first-order valence-electron chi connectivity index (χ1n) is 6.99. The smallest absolute Gasteiger partial charge is 0.243 e. The summed E-state index contributed by atoms with van der Waals surface area (Å²) in [7, 11) is -2.13. The highest BCUT2D eigenvalue weighted by Gasteiger charge is 2.25. The van der Waals surface area contributed by atoms with Crippen LogP contribution in [0.15, 0.2) is 29.2 Å². The Morgan fingerprint density at radius 2 is 1.90 bits per heavy atom. The molecule has 0 saturated heterocycles. The molecule has 2 rings (SSSR count). The van der Waals surface area contributed by atoms with E-state index in [4.69, 9.17) is 10.5 Å². The van der Waals surface area contributed by atoms with Crippen LogP contribution >= 0.6 is 0 Å². The van der Waals surface area contributed by atoms with Crippen molar-refractivity contribution in [2.45, 2.75) is 49.1 Å². The Hall–Kier alpha value is -1.11. The van der Waals surface area contributed by atoms with Gasteiger partial charge in [-0.3, -0.25) is 0 Å². The van der Waals surface area contributed by atoms with Crippen LogP contribution in [0.3, 0.4) is 0 Å². The zero-order valence-electron chi connectivity index (χ0n) is 11.7. The van der Waals surface area contributed by atoms with Crippen molar-refractivity contribution >= 4 is 10.0 Å². The van der Waals surface area contributed by atoms with Crippen LogP contribution in [0.2, 0.25) is 0 Å². The van der Waals surface area contributed by atoms with Crippen molar-refractivity contribution in [1.29, 1.82) is 0 Å². The molecule has 1 aromatic carbocycles. The molecule has 5 nitrogen and oxygen atoms in total. The standard InChI is InChI=1S/C14H22N2O3S/c1-16-20(17,18)14-10-6-5-9-13(14)19-12-8-4-2-3-7-11(12)15/h5-6,9-12,16H,2-4,7-8,15H2,1H3. The molecule has 0 amide bonds. The summed E-state index contributed by atoms with van der Waals surface area (Å²) in [5, 5.41) is 0. The van der Waals surface area contributed by atoms with Crippen LogP contribution in [0.4, 0.5) is 0 Å². The molecule has 2 atom stereocenters. The zero-order chi connectivity index (χ0) is 14.6. The van der Waals surface area contributed by atoms with Crippen molar-refractivity contribution in [1.82, 2.24) is 4.72 Å². The highest BCUT2D eigenvalue weighted by atomic mass is 32.2. The summed E-state index contributed by atoms with van der Waals surface area (Å²) in [6, 6.07) is 6.64. The van der Waals surface area contributed by atoms with E-state index in [-0.39, 0.29) is 17.0 Å². The fourth-order valence-electron chi connectivity index (χ4n) is 2.49. The number of nitrogens with two attached hydrogens (primary N) is 1. The van der Waals surface area contributed by atoms with Gasteiger partial charge >= 0.3 is 0 Å². The normalized spacial score (nSPS) is 24.1. The molecular weight excluding hydrogens is 276 g/mol. The van der Waals surface area contributed by atoms with Gasteiger partial charge in [0, 0.05) is 6.04 Å². The Labute approximate surface area is 120 Å². The van der Waals surface area contributed by atoms with Crippen LogP contribution in [0, 0.1) is 0 Å². The molecule has 0 aromatic heterocycles. The number of sulfonamides is 1. The van der Waals surface area contributed by atoms with Crippen LogP contribution in [0.5, 0.6) is 5.75 Å². The lowest BCUT2D eigenvalue weighted by molar-refractivity contribution is 0.158. The third-order valence-corrected chi connectivity index (χ3v) is 5.14. The predicted molar refractivity (Wildman–Crippen MR) is 78.2 cm³/mol. The van der Waals surface area contributed by atoms with Crippen LogP contribution < -0.4 is 15.2 Å². The van der Waals surface area contributed by atoms with Crippen LogP contribution in [0.25, 0.3) is 0 Å². The molecule has 0 bridgehead atoms. The predicted octanol–water partition coefficient (Wildman–Crippen LogP) is 1.63. The lowest BCUT2D eigenvalue weighted by Crippen LogP contribution is -2.38. The summed E-state index contributed by atoms with van der Waals surface area (Å²) < 4.78 is 32.2. The number of nitrogens with one attached hydrogen (secondary N) is 1. The number of hydrogen-bond donors (Lipinski definition) is 2. The maximum Gasteiger partial charge on any atom is 0.243 e. The van der Waals surface area contributed by atoms with Gasteiger partial charge in [-0.05, 0) is 38.4 Å². The first kappa shape index (κ1) is 15.3. The SMILES string of the molecule is CNS(=O)(=O)c1ccccc1OC1CCCCCC1N. The maximum atomic E-state index is 12.0. The largest absolute Gasteiger partial charge is 0.487 e.